The Morgan fingerprint density at radius 1 is 0.543 bits per heavy atom. The van der Waals surface area contributed by atoms with Crippen LogP contribution in [0.15, 0.2) is 114 Å². The maximum Gasteiger partial charge on any atom is 0.178 e. The molecule has 0 unspecified atom stereocenters. The summed E-state index contributed by atoms with van der Waals surface area (Å²) in [5.41, 5.74) is 8.55. The fourth-order valence-electron chi connectivity index (χ4n) is 5.42. The Hall–Kier alpha value is -4.30. The van der Waals surface area contributed by atoms with Gasteiger partial charge in [-0.25, -0.2) is 0 Å². The van der Waals surface area contributed by atoms with Gasteiger partial charge in [-0.1, -0.05) is 98.8 Å². The van der Waals surface area contributed by atoms with Crippen LogP contribution in [0.2, 0.25) is 0 Å². The van der Waals surface area contributed by atoms with Gasteiger partial charge in [-0.3, -0.25) is 0 Å². The molecule has 0 saturated heterocycles. The van der Waals surface area contributed by atoms with Crippen LogP contribution < -0.4 is 4.74 Å². The summed E-state index contributed by atoms with van der Waals surface area (Å²) in [6, 6.07) is 38.3. The van der Waals surface area contributed by atoms with Crippen LogP contribution in [0.25, 0.3) is 44.2 Å². The molecule has 0 fully saturated rings. The average molecular weight is 453 g/mol. The van der Waals surface area contributed by atoms with E-state index in [0.717, 1.165) is 44.6 Å². The molecular formula is C33H24O2. The monoisotopic (exact) mass is 452 g/mol. The van der Waals surface area contributed by atoms with E-state index in [-0.39, 0.29) is 5.41 Å². The zero-order valence-corrected chi connectivity index (χ0v) is 19.7. The van der Waals surface area contributed by atoms with Gasteiger partial charge in [0.15, 0.2) is 11.3 Å². The minimum atomic E-state index is -0.208. The molecule has 1 aliphatic rings. The van der Waals surface area contributed by atoms with Crippen LogP contribution in [-0.4, -0.2) is 0 Å². The minimum absolute atomic E-state index is 0.208. The molecule has 0 N–H and O–H groups in total. The van der Waals surface area contributed by atoms with Gasteiger partial charge in [0.25, 0.3) is 0 Å². The molecule has 0 aliphatic carbocycles. The van der Waals surface area contributed by atoms with E-state index in [1.165, 1.54) is 22.3 Å². The number of fused-ring (bicyclic) bond motifs is 6. The maximum atomic E-state index is 6.64. The predicted octanol–water partition coefficient (Wildman–Crippen LogP) is 9.35. The van der Waals surface area contributed by atoms with Crippen LogP contribution in [0, 0.1) is 0 Å². The van der Waals surface area contributed by atoms with Crippen molar-refractivity contribution in [1.82, 2.24) is 0 Å². The summed E-state index contributed by atoms with van der Waals surface area (Å²) >= 11 is 0. The first-order chi connectivity index (χ1) is 17.1. The highest BCUT2D eigenvalue weighted by molar-refractivity contribution is 6.07. The van der Waals surface area contributed by atoms with E-state index in [1.807, 2.05) is 24.3 Å². The lowest BCUT2D eigenvalue weighted by molar-refractivity contribution is 0.415. The van der Waals surface area contributed by atoms with E-state index in [9.17, 15) is 0 Å². The number of ether oxygens (including phenoxy) is 1. The summed E-state index contributed by atoms with van der Waals surface area (Å²) in [4.78, 5) is 0. The quantitative estimate of drug-likeness (QED) is 0.261. The Balaban J connectivity index is 1.37. The second-order valence-electron chi connectivity index (χ2n) is 9.80. The lowest BCUT2D eigenvalue weighted by Crippen LogP contribution is -2.24. The van der Waals surface area contributed by atoms with Crippen molar-refractivity contribution in [3.63, 3.8) is 0 Å². The van der Waals surface area contributed by atoms with Crippen LogP contribution in [0.5, 0.6) is 11.5 Å². The molecule has 168 valence electrons. The van der Waals surface area contributed by atoms with Gasteiger partial charge in [0.1, 0.15) is 11.3 Å². The van der Waals surface area contributed by atoms with E-state index in [4.69, 9.17) is 9.15 Å². The zero-order valence-electron chi connectivity index (χ0n) is 19.7. The highest BCUT2D eigenvalue weighted by Gasteiger charge is 2.36. The van der Waals surface area contributed by atoms with Crippen molar-refractivity contribution in [3.05, 3.63) is 120 Å². The highest BCUT2D eigenvalue weighted by Crippen LogP contribution is 2.52. The molecule has 2 nitrogen and oxygen atoms in total. The first-order valence-corrected chi connectivity index (χ1v) is 12.0. The third-order valence-corrected chi connectivity index (χ3v) is 7.34. The number of rotatable bonds is 2. The average Bonchev–Trinajstić information content (AvgIpc) is 3.28. The van der Waals surface area contributed by atoms with Gasteiger partial charge >= 0.3 is 0 Å². The highest BCUT2D eigenvalue weighted by atomic mass is 16.5. The number of para-hydroxylation sites is 1. The van der Waals surface area contributed by atoms with Crippen molar-refractivity contribution in [3.8, 4) is 33.8 Å². The van der Waals surface area contributed by atoms with Gasteiger partial charge < -0.3 is 9.15 Å². The molecule has 0 saturated carbocycles. The van der Waals surface area contributed by atoms with E-state index in [1.54, 1.807) is 0 Å². The van der Waals surface area contributed by atoms with Gasteiger partial charge in [0, 0.05) is 27.3 Å². The Kier molecular flexibility index (Phi) is 4.22. The Bertz CT molecular complexity index is 1740. The molecule has 35 heavy (non-hydrogen) atoms. The van der Waals surface area contributed by atoms with Gasteiger partial charge in [-0.15, -0.1) is 0 Å². The molecule has 5 aromatic carbocycles. The van der Waals surface area contributed by atoms with E-state index < -0.39 is 0 Å². The molecular weight excluding hydrogens is 428 g/mol. The van der Waals surface area contributed by atoms with Crippen molar-refractivity contribution in [2.75, 3.05) is 0 Å². The summed E-state index contributed by atoms with van der Waals surface area (Å²) in [6.45, 7) is 4.52. The molecule has 0 bridgehead atoms. The molecule has 0 spiro atoms. The molecule has 0 atom stereocenters. The van der Waals surface area contributed by atoms with Crippen LogP contribution >= 0.6 is 0 Å². The predicted molar refractivity (Wildman–Crippen MR) is 143 cm³/mol. The maximum absolute atomic E-state index is 6.64. The van der Waals surface area contributed by atoms with Crippen molar-refractivity contribution >= 4 is 21.9 Å². The lowest BCUT2D eigenvalue weighted by Gasteiger charge is -2.34. The fourth-order valence-corrected chi connectivity index (χ4v) is 5.42. The van der Waals surface area contributed by atoms with Crippen LogP contribution in [0.4, 0.5) is 0 Å². The standard InChI is InChI=1S/C33H24O2/c1-33(2)27-17-15-24(23-12-8-11-22(19-23)21-9-4-3-5-10-21)20-30(27)35-32-28(33)18-16-26-25-13-6-7-14-29(25)34-31(26)32/h3-20H,1-2H3. The smallest absolute Gasteiger partial charge is 0.178 e. The van der Waals surface area contributed by atoms with E-state index >= 15 is 0 Å². The Labute approximate surface area is 204 Å². The Morgan fingerprint density at radius 3 is 2.09 bits per heavy atom. The van der Waals surface area contributed by atoms with Gasteiger partial charge in [-0.2, -0.15) is 0 Å². The SMILES string of the molecule is CC1(C)c2ccc(-c3cccc(-c4ccccc4)c3)cc2Oc2c1ccc1c2oc2ccccc21. The molecule has 6 aromatic rings. The summed E-state index contributed by atoms with van der Waals surface area (Å²) in [6.07, 6.45) is 0. The van der Waals surface area contributed by atoms with Crippen molar-refractivity contribution < 1.29 is 9.15 Å². The summed E-state index contributed by atoms with van der Waals surface area (Å²) < 4.78 is 13.0. The number of benzene rings is 5. The van der Waals surface area contributed by atoms with Crippen molar-refractivity contribution in [1.29, 1.82) is 0 Å². The zero-order chi connectivity index (χ0) is 23.6. The largest absolute Gasteiger partial charge is 0.453 e. The van der Waals surface area contributed by atoms with Crippen LogP contribution in [0.1, 0.15) is 25.0 Å². The van der Waals surface area contributed by atoms with Crippen LogP contribution in [0.3, 0.4) is 0 Å². The van der Waals surface area contributed by atoms with Crippen LogP contribution in [-0.2, 0) is 5.41 Å². The summed E-state index contributed by atoms with van der Waals surface area (Å²) in [5, 5.41) is 2.20. The molecule has 0 radical (unpaired) electrons. The number of furan rings is 1. The second kappa shape index (κ2) is 7.35. The van der Waals surface area contributed by atoms with Gasteiger partial charge in [0.2, 0.25) is 0 Å². The van der Waals surface area contributed by atoms with Gasteiger partial charge in [0.05, 0.1) is 0 Å². The molecule has 7 rings (SSSR count). The van der Waals surface area contributed by atoms with E-state index in [2.05, 4.69) is 98.8 Å². The second-order valence-corrected chi connectivity index (χ2v) is 9.80. The number of hydrogen-bond acceptors (Lipinski definition) is 2. The first-order valence-electron chi connectivity index (χ1n) is 12.0. The minimum Gasteiger partial charge on any atom is -0.453 e. The third-order valence-electron chi connectivity index (χ3n) is 7.34. The van der Waals surface area contributed by atoms with Gasteiger partial charge in [-0.05, 0) is 46.5 Å². The fraction of sp³-hybridized carbons (Fsp3) is 0.0909. The Morgan fingerprint density at radius 2 is 1.23 bits per heavy atom. The lowest BCUT2D eigenvalue weighted by atomic mass is 9.75. The van der Waals surface area contributed by atoms with E-state index in [0.29, 0.717) is 0 Å². The first kappa shape index (κ1) is 20.1. The third kappa shape index (κ3) is 3.03. The normalized spacial score (nSPS) is 13.9. The molecule has 1 aromatic heterocycles. The molecule has 2 heteroatoms. The number of hydrogen-bond donors (Lipinski definition) is 0. The van der Waals surface area contributed by atoms with Crippen molar-refractivity contribution in [2.24, 2.45) is 0 Å². The summed E-state index contributed by atoms with van der Waals surface area (Å²) in [7, 11) is 0. The molecule has 1 aliphatic heterocycles. The van der Waals surface area contributed by atoms with Crippen molar-refractivity contribution in [2.45, 2.75) is 19.3 Å². The topological polar surface area (TPSA) is 22.4 Å². The molecule has 2 heterocycles. The summed E-state index contributed by atoms with van der Waals surface area (Å²) in [5.74, 6) is 1.71. The molecule has 0 amide bonds.